The summed E-state index contributed by atoms with van der Waals surface area (Å²) >= 11 is 0. The largest absolute Gasteiger partial charge is 0.546 e. The Kier molecular flexibility index (Phi) is 9.60. The summed E-state index contributed by atoms with van der Waals surface area (Å²) < 4.78 is 3.86. The van der Waals surface area contributed by atoms with Crippen molar-refractivity contribution in [3.63, 3.8) is 0 Å². The zero-order valence-electron chi connectivity index (χ0n) is 14.4. The molecule has 0 radical (unpaired) electrons. The first-order valence-corrected chi connectivity index (χ1v) is 8.90. The van der Waals surface area contributed by atoms with Gasteiger partial charge in [-0.1, -0.05) is 58.3 Å². The highest BCUT2D eigenvalue weighted by atomic mass is 16.4. The van der Waals surface area contributed by atoms with Crippen LogP contribution in [0.15, 0.2) is 12.4 Å². The molecule has 1 rings (SSSR count). The number of hydrogen-bond donors (Lipinski definition) is 0. The molecule has 1 heterocycles. The second-order valence-corrected chi connectivity index (χ2v) is 6.22. The van der Waals surface area contributed by atoms with E-state index >= 15 is 0 Å². The third-order valence-electron chi connectivity index (χ3n) is 4.31. The van der Waals surface area contributed by atoms with Crippen molar-refractivity contribution in [2.24, 2.45) is 0 Å². The first kappa shape index (κ1) is 18.7. The summed E-state index contributed by atoms with van der Waals surface area (Å²) in [5, 5.41) is 10.6. The van der Waals surface area contributed by atoms with E-state index in [4.69, 9.17) is 0 Å². The molecular weight excluding hydrogens is 276 g/mol. The Balaban J connectivity index is 2.05. The smallest absolute Gasteiger partial charge is 0.253 e. The quantitative estimate of drug-likeness (QED) is 0.415. The second kappa shape index (κ2) is 11.3. The average molecular weight is 308 g/mol. The van der Waals surface area contributed by atoms with E-state index in [1.54, 1.807) is 4.57 Å². The molecule has 0 aromatic carbocycles. The fourth-order valence-electron chi connectivity index (χ4n) is 2.85. The highest BCUT2D eigenvalue weighted by molar-refractivity contribution is 5.62. The van der Waals surface area contributed by atoms with E-state index < -0.39 is 5.97 Å². The molecular formula is C18H32N2O2. The van der Waals surface area contributed by atoms with Crippen LogP contribution in [-0.2, 0) is 17.9 Å². The summed E-state index contributed by atoms with van der Waals surface area (Å²) in [6.07, 6.45) is 17.1. The Bertz CT molecular complexity index is 427. The molecule has 0 fully saturated rings. The predicted octanol–water partition coefficient (Wildman–Crippen LogP) is 2.75. The van der Waals surface area contributed by atoms with E-state index in [-0.39, 0.29) is 6.54 Å². The summed E-state index contributed by atoms with van der Waals surface area (Å²) in [5.41, 5.74) is 0. The Labute approximate surface area is 135 Å². The number of carbonyl (C=O) groups excluding carboxylic acids is 1. The highest BCUT2D eigenvalue weighted by Gasteiger charge is 2.11. The third-order valence-corrected chi connectivity index (χ3v) is 4.31. The van der Waals surface area contributed by atoms with Crippen molar-refractivity contribution < 1.29 is 14.5 Å². The summed E-state index contributed by atoms with van der Waals surface area (Å²) in [5.74, 6) is -0.0510. The van der Waals surface area contributed by atoms with E-state index in [1.165, 1.54) is 57.8 Å². The number of rotatable bonds is 13. The fraction of sp³-hybridized carbons (Fsp3) is 0.778. The van der Waals surface area contributed by atoms with Gasteiger partial charge in [0.25, 0.3) is 5.82 Å². The lowest BCUT2D eigenvalue weighted by molar-refractivity contribution is -0.696. The molecule has 0 N–H and O–H groups in total. The second-order valence-electron chi connectivity index (χ2n) is 6.22. The van der Waals surface area contributed by atoms with Gasteiger partial charge < -0.3 is 9.90 Å². The molecule has 0 aliphatic heterocycles. The van der Waals surface area contributed by atoms with Gasteiger partial charge in [0.1, 0.15) is 18.9 Å². The molecule has 0 aliphatic rings. The van der Waals surface area contributed by atoms with Gasteiger partial charge in [0, 0.05) is 6.92 Å². The van der Waals surface area contributed by atoms with E-state index in [0.717, 1.165) is 18.8 Å². The SMILES string of the molecule is CCCCCCCCCCCCn1cc[n+](CC(=O)[O-])c1C. The Hall–Kier alpha value is -1.32. The molecule has 0 amide bonds. The molecule has 0 saturated carbocycles. The van der Waals surface area contributed by atoms with E-state index in [0.29, 0.717) is 0 Å². The molecule has 22 heavy (non-hydrogen) atoms. The lowest BCUT2D eigenvalue weighted by Crippen LogP contribution is -2.44. The first-order chi connectivity index (χ1) is 10.6. The Morgan fingerprint density at radius 1 is 1.05 bits per heavy atom. The van der Waals surface area contributed by atoms with Crippen LogP contribution < -0.4 is 9.67 Å². The number of imidazole rings is 1. The number of carboxylic acids is 1. The molecule has 1 aromatic rings. The van der Waals surface area contributed by atoms with Crippen LogP contribution in [0.2, 0.25) is 0 Å². The van der Waals surface area contributed by atoms with Crippen LogP contribution in [0.25, 0.3) is 0 Å². The molecule has 0 unspecified atom stereocenters. The number of nitrogens with zero attached hydrogens (tertiary/aromatic N) is 2. The number of unbranched alkanes of at least 4 members (excludes halogenated alkanes) is 9. The molecule has 0 spiro atoms. The zero-order chi connectivity index (χ0) is 16.2. The topological polar surface area (TPSA) is 48.9 Å². The minimum absolute atomic E-state index is 0.0587. The van der Waals surface area contributed by atoms with E-state index in [1.807, 2.05) is 19.3 Å². The number of carboxylic acid groups (broad SMARTS) is 1. The van der Waals surface area contributed by atoms with Gasteiger partial charge in [0.05, 0.1) is 12.5 Å². The van der Waals surface area contributed by atoms with Crippen molar-refractivity contribution in [1.29, 1.82) is 0 Å². The standard InChI is InChI=1S/C18H32N2O2/c1-3-4-5-6-7-8-9-10-11-12-13-19-14-15-20(17(19)2)16-18(21)22/h14-15H,3-13,16H2,1-2H3. The molecule has 126 valence electrons. The maximum absolute atomic E-state index is 10.6. The van der Waals surface area contributed by atoms with Crippen LogP contribution in [0.5, 0.6) is 0 Å². The average Bonchev–Trinajstić information content (AvgIpc) is 2.81. The fourth-order valence-corrected chi connectivity index (χ4v) is 2.85. The van der Waals surface area contributed by atoms with Crippen LogP contribution in [0.3, 0.4) is 0 Å². The Morgan fingerprint density at radius 2 is 1.59 bits per heavy atom. The molecule has 0 bridgehead atoms. The normalized spacial score (nSPS) is 11.0. The molecule has 0 saturated heterocycles. The molecule has 0 atom stereocenters. The van der Waals surface area contributed by atoms with Crippen LogP contribution >= 0.6 is 0 Å². The number of hydrogen-bond acceptors (Lipinski definition) is 2. The van der Waals surface area contributed by atoms with Crippen molar-refractivity contribution in [2.45, 2.75) is 91.1 Å². The van der Waals surface area contributed by atoms with Crippen LogP contribution in [0, 0.1) is 6.92 Å². The van der Waals surface area contributed by atoms with Gasteiger partial charge in [-0.25, -0.2) is 9.13 Å². The minimum atomic E-state index is -1.04. The van der Waals surface area contributed by atoms with Crippen molar-refractivity contribution in [3.8, 4) is 0 Å². The summed E-state index contributed by atoms with van der Waals surface area (Å²) in [4.78, 5) is 10.6. The van der Waals surface area contributed by atoms with E-state index in [2.05, 4.69) is 11.5 Å². The van der Waals surface area contributed by atoms with Gasteiger partial charge in [-0.05, 0) is 12.8 Å². The maximum atomic E-state index is 10.6. The first-order valence-electron chi connectivity index (χ1n) is 8.90. The number of aliphatic carboxylic acids is 1. The third kappa shape index (κ3) is 7.62. The predicted molar refractivity (Wildman–Crippen MR) is 86.2 cm³/mol. The molecule has 4 nitrogen and oxygen atoms in total. The lowest BCUT2D eigenvalue weighted by atomic mass is 10.1. The van der Waals surface area contributed by atoms with Gasteiger partial charge in [0.15, 0.2) is 0 Å². The molecule has 1 aromatic heterocycles. The van der Waals surface area contributed by atoms with Crippen molar-refractivity contribution in [2.75, 3.05) is 0 Å². The van der Waals surface area contributed by atoms with Crippen molar-refractivity contribution in [3.05, 3.63) is 18.2 Å². The summed E-state index contributed by atoms with van der Waals surface area (Å²) in [6.45, 7) is 5.13. The van der Waals surface area contributed by atoms with Gasteiger partial charge in [-0.15, -0.1) is 0 Å². The summed E-state index contributed by atoms with van der Waals surface area (Å²) in [7, 11) is 0. The van der Waals surface area contributed by atoms with Gasteiger partial charge in [-0.3, -0.25) is 0 Å². The van der Waals surface area contributed by atoms with Crippen molar-refractivity contribution >= 4 is 5.97 Å². The maximum Gasteiger partial charge on any atom is 0.253 e. The highest BCUT2D eigenvalue weighted by Crippen LogP contribution is 2.11. The minimum Gasteiger partial charge on any atom is -0.546 e. The molecule has 0 aliphatic carbocycles. The van der Waals surface area contributed by atoms with Crippen molar-refractivity contribution in [1.82, 2.24) is 4.57 Å². The van der Waals surface area contributed by atoms with Crippen LogP contribution in [0.1, 0.15) is 77.0 Å². The van der Waals surface area contributed by atoms with Gasteiger partial charge in [-0.2, -0.15) is 0 Å². The number of aromatic nitrogens is 2. The van der Waals surface area contributed by atoms with Crippen LogP contribution in [-0.4, -0.2) is 10.5 Å². The number of carbonyl (C=O) groups is 1. The number of aryl methyl sites for hydroxylation is 1. The van der Waals surface area contributed by atoms with Crippen LogP contribution in [0.4, 0.5) is 0 Å². The summed E-state index contributed by atoms with van der Waals surface area (Å²) in [6, 6.07) is 0. The monoisotopic (exact) mass is 308 g/mol. The Morgan fingerprint density at radius 3 is 2.14 bits per heavy atom. The van der Waals surface area contributed by atoms with E-state index in [9.17, 15) is 9.90 Å². The van der Waals surface area contributed by atoms with Gasteiger partial charge in [0.2, 0.25) is 0 Å². The zero-order valence-corrected chi connectivity index (χ0v) is 14.4. The lowest BCUT2D eigenvalue weighted by Gasteiger charge is -2.03. The molecule has 4 heteroatoms. The van der Waals surface area contributed by atoms with Gasteiger partial charge >= 0.3 is 0 Å².